The molecule has 4 nitrogen and oxygen atoms in total. The molecule has 18 heavy (non-hydrogen) atoms. The number of hydrogen-bond donors (Lipinski definition) is 1. The standard InChI is InChI=1S/C13H20N2O2S/c1-18-11-9-12(16)15(13(17)14-11)8-7-10-5-3-2-4-6-10/h9-10H,2-8H2,1H3,(H,14,17). The molecule has 1 N–H and O–H groups in total. The van der Waals surface area contributed by atoms with Gasteiger partial charge in [0.1, 0.15) is 0 Å². The Labute approximate surface area is 111 Å². The van der Waals surface area contributed by atoms with Crippen LogP contribution in [-0.2, 0) is 6.54 Å². The third kappa shape index (κ3) is 3.28. The highest BCUT2D eigenvalue weighted by Crippen LogP contribution is 2.26. The fourth-order valence-electron chi connectivity index (χ4n) is 2.61. The van der Waals surface area contributed by atoms with E-state index in [0.29, 0.717) is 17.5 Å². The second-order valence-electron chi connectivity index (χ2n) is 4.93. The molecule has 1 aliphatic carbocycles. The van der Waals surface area contributed by atoms with Gasteiger partial charge in [0.2, 0.25) is 0 Å². The van der Waals surface area contributed by atoms with Gasteiger partial charge in [0.25, 0.3) is 5.56 Å². The Balaban J connectivity index is 2.05. The average Bonchev–Trinajstić information content (AvgIpc) is 2.38. The van der Waals surface area contributed by atoms with Crippen molar-refractivity contribution in [3.05, 3.63) is 26.9 Å². The summed E-state index contributed by atoms with van der Waals surface area (Å²) in [7, 11) is 0. The van der Waals surface area contributed by atoms with Gasteiger partial charge in [-0.05, 0) is 18.6 Å². The zero-order valence-electron chi connectivity index (χ0n) is 10.8. The largest absolute Gasteiger partial charge is 0.329 e. The van der Waals surface area contributed by atoms with Crippen LogP contribution in [-0.4, -0.2) is 15.8 Å². The predicted molar refractivity (Wildman–Crippen MR) is 74.3 cm³/mol. The summed E-state index contributed by atoms with van der Waals surface area (Å²) in [5, 5.41) is 0.638. The van der Waals surface area contributed by atoms with Crippen molar-refractivity contribution < 1.29 is 0 Å². The lowest BCUT2D eigenvalue weighted by atomic mass is 9.87. The Morgan fingerprint density at radius 1 is 1.33 bits per heavy atom. The third-order valence-electron chi connectivity index (χ3n) is 3.70. The van der Waals surface area contributed by atoms with Crippen LogP contribution in [0.3, 0.4) is 0 Å². The second kappa shape index (κ2) is 6.27. The predicted octanol–water partition coefficient (Wildman–Crippen LogP) is 2.23. The van der Waals surface area contributed by atoms with Gasteiger partial charge in [-0.25, -0.2) is 4.79 Å². The number of H-pyrrole nitrogens is 1. The Kier molecular flexibility index (Phi) is 4.69. The second-order valence-corrected chi connectivity index (χ2v) is 5.77. The lowest BCUT2D eigenvalue weighted by molar-refractivity contribution is 0.320. The fraction of sp³-hybridized carbons (Fsp3) is 0.692. The monoisotopic (exact) mass is 268 g/mol. The van der Waals surface area contributed by atoms with Crippen LogP contribution >= 0.6 is 11.8 Å². The SMILES string of the molecule is CSc1cc(=O)n(CCC2CCCCC2)c(=O)[nH]1. The van der Waals surface area contributed by atoms with Crippen LogP contribution in [0.1, 0.15) is 38.5 Å². The minimum absolute atomic E-state index is 0.182. The Morgan fingerprint density at radius 3 is 2.67 bits per heavy atom. The molecule has 0 saturated heterocycles. The molecule has 5 heteroatoms. The smallest absolute Gasteiger partial charge is 0.302 e. The van der Waals surface area contributed by atoms with Crippen LogP contribution in [0.2, 0.25) is 0 Å². The minimum atomic E-state index is -0.275. The van der Waals surface area contributed by atoms with E-state index in [1.807, 2.05) is 6.26 Å². The van der Waals surface area contributed by atoms with E-state index in [1.165, 1.54) is 54.5 Å². The lowest BCUT2D eigenvalue weighted by Gasteiger charge is -2.21. The molecule has 0 radical (unpaired) electrons. The molecule has 1 saturated carbocycles. The highest BCUT2D eigenvalue weighted by Gasteiger charge is 2.14. The van der Waals surface area contributed by atoms with Crippen molar-refractivity contribution in [1.82, 2.24) is 9.55 Å². The van der Waals surface area contributed by atoms with E-state index in [9.17, 15) is 9.59 Å². The summed E-state index contributed by atoms with van der Waals surface area (Å²) in [5.74, 6) is 0.685. The van der Waals surface area contributed by atoms with Gasteiger partial charge in [0.15, 0.2) is 0 Å². The summed E-state index contributed by atoms with van der Waals surface area (Å²) in [5.41, 5.74) is -0.457. The summed E-state index contributed by atoms with van der Waals surface area (Å²) in [6.07, 6.45) is 9.20. The number of thioether (sulfide) groups is 1. The first-order chi connectivity index (χ1) is 8.70. The van der Waals surface area contributed by atoms with Gasteiger partial charge in [0, 0.05) is 12.6 Å². The van der Waals surface area contributed by atoms with Crippen LogP contribution in [0.25, 0.3) is 0 Å². The summed E-state index contributed by atoms with van der Waals surface area (Å²) in [6, 6.07) is 1.51. The normalized spacial score (nSPS) is 16.9. The van der Waals surface area contributed by atoms with E-state index in [-0.39, 0.29) is 11.2 Å². The molecule has 0 spiro atoms. The van der Waals surface area contributed by atoms with Crippen molar-refractivity contribution in [2.45, 2.75) is 50.1 Å². The number of nitrogens with zero attached hydrogens (tertiary/aromatic N) is 1. The molecule has 1 fully saturated rings. The van der Waals surface area contributed by atoms with E-state index < -0.39 is 0 Å². The molecule has 0 unspecified atom stereocenters. The fourth-order valence-corrected chi connectivity index (χ4v) is 3.02. The molecular formula is C13H20N2O2S. The van der Waals surface area contributed by atoms with Gasteiger partial charge in [-0.15, -0.1) is 11.8 Å². The molecule has 1 heterocycles. The number of nitrogens with one attached hydrogen (secondary N) is 1. The van der Waals surface area contributed by atoms with Crippen LogP contribution < -0.4 is 11.2 Å². The first-order valence-corrected chi connectivity index (χ1v) is 7.81. The number of aromatic amines is 1. The molecule has 1 aromatic heterocycles. The Hall–Kier alpha value is -0.970. The number of aromatic nitrogens is 2. The summed E-state index contributed by atoms with van der Waals surface area (Å²) < 4.78 is 1.33. The van der Waals surface area contributed by atoms with Crippen LogP contribution in [0.15, 0.2) is 20.7 Å². The topological polar surface area (TPSA) is 54.9 Å². The first kappa shape index (κ1) is 13.5. The van der Waals surface area contributed by atoms with Crippen molar-refractivity contribution in [2.24, 2.45) is 5.92 Å². The maximum absolute atomic E-state index is 11.8. The summed E-state index contributed by atoms with van der Waals surface area (Å²) in [6.45, 7) is 0.549. The van der Waals surface area contributed by atoms with Crippen molar-refractivity contribution in [3.63, 3.8) is 0 Å². The van der Waals surface area contributed by atoms with Gasteiger partial charge < -0.3 is 4.98 Å². The van der Waals surface area contributed by atoms with Gasteiger partial charge in [0.05, 0.1) is 5.03 Å². The van der Waals surface area contributed by atoms with Gasteiger partial charge in [-0.3, -0.25) is 9.36 Å². The maximum atomic E-state index is 11.8. The van der Waals surface area contributed by atoms with Crippen molar-refractivity contribution in [1.29, 1.82) is 0 Å². The van der Waals surface area contributed by atoms with E-state index in [0.717, 1.165) is 6.42 Å². The Bertz CT molecular complexity index is 469. The van der Waals surface area contributed by atoms with Crippen molar-refractivity contribution in [2.75, 3.05) is 6.26 Å². The Morgan fingerprint density at radius 2 is 2.06 bits per heavy atom. The van der Waals surface area contributed by atoms with Crippen LogP contribution in [0.4, 0.5) is 0 Å². The lowest BCUT2D eigenvalue weighted by Crippen LogP contribution is -2.35. The molecule has 0 bridgehead atoms. The van der Waals surface area contributed by atoms with Crippen molar-refractivity contribution in [3.8, 4) is 0 Å². The molecule has 1 aliphatic rings. The molecule has 2 rings (SSSR count). The maximum Gasteiger partial charge on any atom is 0.329 e. The van der Waals surface area contributed by atoms with Gasteiger partial charge in [-0.2, -0.15) is 0 Å². The molecule has 100 valence electrons. The average molecular weight is 268 g/mol. The minimum Gasteiger partial charge on any atom is -0.302 e. The quantitative estimate of drug-likeness (QED) is 0.673. The van der Waals surface area contributed by atoms with Crippen LogP contribution in [0, 0.1) is 5.92 Å². The molecular weight excluding hydrogens is 248 g/mol. The number of hydrogen-bond acceptors (Lipinski definition) is 3. The first-order valence-electron chi connectivity index (χ1n) is 6.59. The molecule has 0 atom stereocenters. The highest BCUT2D eigenvalue weighted by atomic mass is 32.2. The highest BCUT2D eigenvalue weighted by molar-refractivity contribution is 7.98. The molecule has 0 aliphatic heterocycles. The van der Waals surface area contributed by atoms with E-state index in [2.05, 4.69) is 4.98 Å². The van der Waals surface area contributed by atoms with E-state index in [4.69, 9.17) is 0 Å². The van der Waals surface area contributed by atoms with Gasteiger partial charge in [-0.1, -0.05) is 32.1 Å². The molecule has 0 amide bonds. The molecule has 1 aromatic rings. The van der Waals surface area contributed by atoms with Gasteiger partial charge >= 0.3 is 5.69 Å². The third-order valence-corrected chi connectivity index (χ3v) is 4.36. The van der Waals surface area contributed by atoms with E-state index in [1.54, 1.807) is 0 Å². The van der Waals surface area contributed by atoms with Crippen molar-refractivity contribution >= 4 is 11.8 Å². The van der Waals surface area contributed by atoms with E-state index >= 15 is 0 Å². The molecule has 0 aromatic carbocycles. The summed E-state index contributed by atoms with van der Waals surface area (Å²) in [4.78, 5) is 26.3. The van der Waals surface area contributed by atoms with Crippen LogP contribution in [0.5, 0.6) is 0 Å². The summed E-state index contributed by atoms with van der Waals surface area (Å²) >= 11 is 1.38. The zero-order chi connectivity index (χ0) is 13.0. The number of rotatable bonds is 4. The zero-order valence-corrected chi connectivity index (χ0v) is 11.6.